The number of benzene rings is 2. The van der Waals surface area contributed by atoms with Gasteiger partial charge < -0.3 is 9.64 Å². The maximum Gasteiger partial charge on any atom is 0.416 e. The number of amides is 1. The SMILES string of the molecule is CCN(CC)S(=O)(=O)c1cc(C(=O)N(C2CC2)C(C)c2cccc(C(F)(F)F)c2)ccc1OC. The second-order valence-corrected chi connectivity index (χ2v) is 10.1. The quantitative estimate of drug-likeness (QED) is 0.482. The Labute approximate surface area is 198 Å². The van der Waals surface area contributed by atoms with Crippen molar-refractivity contribution in [1.82, 2.24) is 9.21 Å². The number of rotatable bonds is 9. The van der Waals surface area contributed by atoms with Crippen molar-refractivity contribution >= 4 is 15.9 Å². The van der Waals surface area contributed by atoms with Crippen LogP contribution in [0.3, 0.4) is 0 Å². The van der Waals surface area contributed by atoms with Crippen LogP contribution in [-0.2, 0) is 16.2 Å². The molecule has 1 saturated carbocycles. The van der Waals surface area contributed by atoms with Crippen LogP contribution in [0, 0.1) is 0 Å². The molecule has 186 valence electrons. The van der Waals surface area contributed by atoms with Crippen LogP contribution in [0.1, 0.15) is 61.1 Å². The molecule has 2 aromatic rings. The van der Waals surface area contributed by atoms with Gasteiger partial charge in [-0.2, -0.15) is 17.5 Å². The van der Waals surface area contributed by atoms with Gasteiger partial charge in [-0.3, -0.25) is 4.79 Å². The van der Waals surface area contributed by atoms with E-state index in [1.807, 2.05) is 0 Å². The van der Waals surface area contributed by atoms with E-state index in [1.165, 1.54) is 35.7 Å². The largest absolute Gasteiger partial charge is 0.495 e. The van der Waals surface area contributed by atoms with Gasteiger partial charge in [-0.05, 0) is 55.7 Å². The standard InChI is InChI=1S/C24H29F3N2O4S/c1-5-28(6-2)34(31,32)22-15-18(10-13-21(22)33-4)23(30)29(20-11-12-20)16(3)17-8-7-9-19(14-17)24(25,26)27/h7-10,13-16,20H,5-6,11-12H2,1-4H3. The summed E-state index contributed by atoms with van der Waals surface area (Å²) < 4.78 is 72.5. The van der Waals surface area contributed by atoms with Crippen LogP contribution in [0.5, 0.6) is 5.75 Å². The number of halogens is 3. The molecule has 0 spiro atoms. The highest BCUT2D eigenvalue weighted by Gasteiger charge is 2.38. The van der Waals surface area contributed by atoms with Gasteiger partial charge in [-0.1, -0.05) is 26.0 Å². The molecular formula is C24H29F3N2O4S. The molecule has 0 aromatic heterocycles. The number of alkyl halides is 3. The molecule has 2 aromatic carbocycles. The lowest BCUT2D eigenvalue weighted by molar-refractivity contribution is -0.137. The van der Waals surface area contributed by atoms with Gasteiger partial charge in [-0.15, -0.1) is 0 Å². The first-order valence-electron chi connectivity index (χ1n) is 11.1. The predicted molar refractivity (Wildman–Crippen MR) is 122 cm³/mol. The van der Waals surface area contributed by atoms with Gasteiger partial charge in [0.05, 0.1) is 18.7 Å². The van der Waals surface area contributed by atoms with E-state index in [-0.39, 0.29) is 35.3 Å². The maximum atomic E-state index is 13.6. The minimum absolute atomic E-state index is 0.118. The number of ether oxygens (including phenoxy) is 1. The van der Waals surface area contributed by atoms with Crippen LogP contribution >= 0.6 is 0 Å². The predicted octanol–water partition coefficient (Wildman–Crippen LogP) is 5.11. The van der Waals surface area contributed by atoms with Crippen molar-refractivity contribution in [3.63, 3.8) is 0 Å². The molecule has 1 aliphatic carbocycles. The molecule has 1 unspecified atom stereocenters. The van der Waals surface area contributed by atoms with E-state index in [0.717, 1.165) is 25.0 Å². The topological polar surface area (TPSA) is 66.9 Å². The smallest absolute Gasteiger partial charge is 0.416 e. The van der Waals surface area contributed by atoms with Gasteiger partial charge in [0.25, 0.3) is 5.91 Å². The highest BCUT2D eigenvalue weighted by Crippen LogP contribution is 2.38. The van der Waals surface area contributed by atoms with Crippen molar-refractivity contribution in [2.75, 3.05) is 20.2 Å². The Morgan fingerprint density at radius 3 is 2.29 bits per heavy atom. The molecule has 1 atom stereocenters. The van der Waals surface area contributed by atoms with Crippen molar-refractivity contribution in [3.05, 3.63) is 59.2 Å². The third-order valence-corrected chi connectivity index (χ3v) is 8.09. The summed E-state index contributed by atoms with van der Waals surface area (Å²) in [5.74, 6) is -0.321. The summed E-state index contributed by atoms with van der Waals surface area (Å²) in [5.41, 5.74) is -0.283. The van der Waals surface area contributed by atoms with Crippen LogP contribution in [0.15, 0.2) is 47.4 Å². The third kappa shape index (κ3) is 5.22. The minimum Gasteiger partial charge on any atom is -0.495 e. The Kier molecular flexibility index (Phi) is 7.62. The number of carbonyl (C=O) groups excluding carboxylic acids is 1. The van der Waals surface area contributed by atoms with Crippen molar-refractivity contribution in [2.45, 2.75) is 56.8 Å². The summed E-state index contributed by atoms with van der Waals surface area (Å²) in [5, 5.41) is 0. The van der Waals surface area contributed by atoms with E-state index in [2.05, 4.69) is 0 Å². The molecule has 0 saturated heterocycles. The first-order valence-corrected chi connectivity index (χ1v) is 12.6. The van der Waals surface area contributed by atoms with Crippen molar-refractivity contribution in [3.8, 4) is 5.75 Å². The average Bonchev–Trinajstić information content (AvgIpc) is 3.64. The van der Waals surface area contributed by atoms with Crippen LogP contribution in [0.4, 0.5) is 13.2 Å². The van der Waals surface area contributed by atoms with Gasteiger partial charge in [0.2, 0.25) is 10.0 Å². The fourth-order valence-corrected chi connectivity index (χ4v) is 5.65. The van der Waals surface area contributed by atoms with Crippen LogP contribution in [0.2, 0.25) is 0 Å². The summed E-state index contributed by atoms with van der Waals surface area (Å²) in [6.07, 6.45) is -3.03. The first-order chi connectivity index (χ1) is 15.9. The van der Waals surface area contributed by atoms with E-state index < -0.39 is 33.7 Å². The monoisotopic (exact) mass is 498 g/mol. The molecule has 0 N–H and O–H groups in total. The molecule has 0 radical (unpaired) electrons. The molecule has 1 aliphatic rings. The highest BCUT2D eigenvalue weighted by molar-refractivity contribution is 7.89. The zero-order valence-corrected chi connectivity index (χ0v) is 20.4. The van der Waals surface area contributed by atoms with Crippen LogP contribution < -0.4 is 4.74 Å². The number of hydrogen-bond donors (Lipinski definition) is 0. The molecule has 34 heavy (non-hydrogen) atoms. The van der Waals surface area contributed by atoms with Gasteiger partial charge in [0.15, 0.2) is 0 Å². The average molecular weight is 499 g/mol. The molecule has 1 amide bonds. The molecule has 1 fully saturated rings. The Hall–Kier alpha value is -2.59. The molecule has 0 heterocycles. The zero-order chi connectivity index (χ0) is 25.3. The first kappa shape index (κ1) is 26.0. The summed E-state index contributed by atoms with van der Waals surface area (Å²) >= 11 is 0. The number of methoxy groups -OCH3 is 1. The maximum absolute atomic E-state index is 13.6. The Bertz CT molecular complexity index is 1140. The lowest BCUT2D eigenvalue weighted by atomic mass is 10.0. The lowest BCUT2D eigenvalue weighted by Gasteiger charge is -2.30. The normalized spacial score (nSPS) is 15.3. The number of sulfonamides is 1. The van der Waals surface area contributed by atoms with Gasteiger partial charge in [0.1, 0.15) is 10.6 Å². The molecule has 0 bridgehead atoms. The minimum atomic E-state index is -4.49. The van der Waals surface area contributed by atoms with E-state index in [9.17, 15) is 26.4 Å². The van der Waals surface area contributed by atoms with Crippen molar-refractivity contribution in [1.29, 1.82) is 0 Å². The van der Waals surface area contributed by atoms with Crippen molar-refractivity contribution in [2.24, 2.45) is 0 Å². The highest BCUT2D eigenvalue weighted by atomic mass is 32.2. The van der Waals surface area contributed by atoms with E-state index >= 15 is 0 Å². The number of nitrogens with zero attached hydrogens (tertiary/aromatic N) is 2. The molecule has 3 rings (SSSR count). The van der Waals surface area contributed by atoms with Gasteiger partial charge in [-0.25, -0.2) is 8.42 Å². The Balaban J connectivity index is 2.02. The van der Waals surface area contributed by atoms with Gasteiger partial charge in [0, 0.05) is 24.7 Å². The van der Waals surface area contributed by atoms with E-state index in [0.29, 0.717) is 5.56 Å². The fourth-order valence-electron chi connectivity index (χ4n) is 4.01. The summed E-state index contributed by atoms with van der Waals surface area (Å²) in [6, 6.07) is 8.39. The van der Waals surface area contributed by atoms with Crippen molar-refractivity contribution < 1.29 is 31.1 Å². The van der Waals surface area contributed by atoms with E-state index in [4.69, 9.17) is 4.74 Å². The van der Waals surface area contributed by atoms with Crippen LogP contribution in [0.25, 0.3) is 0 Å². The number of hydrogen-bond acceptors (Lipinski definition) is 4. The summed E-state index contributed by atoms with van der Waals surface area (Å²) in [7, 11) is -2.56. The summed E-state index contributed by atoms with van der Waals surface area (Å²) in [4.78, 5) is 15.0. The Morgan fingerprint density at radius 2 is 1.76 bits per heavy atom. The fraction of sp³-hybridized carbons (Fsp3) is 0.458. The summed E-state index contributed by atoms with van der Waals surface area (Å²) in [6.45, 7) is 5.62. The van der Waals surface area contributed by atoms with Gasteiger partial charge >= 0.3 is 6.18 Å². The second kappa shape index (κ2) is 9.95. The Morgan fingerprint density at radius 1 is 1.12 bits per heavy atom. The number of carbonyl (C=O) groups is 1. The molecule has 0 aliphatic heterocycles. The third-order valence-electron chi connectivity index (χ3n) is 6.02. The molecule has 10 heteroatoms. The second-order valence-electron chi connectivity index (χ2n) is 8.20. The lowest BCUT2D eigenvalue weighted by Crippen LogP contribution is -2.36. The van der Waals surface area contributed by atoms with Crippen LogP contribution in [-0.4, -0.2) is 49.8 Å². The molecule has 6 nitrogen and oxygen atoms in total. The molecular weight excluding hydrogens is 469 g/mol. The zero-order valence-electron chi connectivity index (χ0n) is 19.6. The van der Waals surface area contributed by atoms with E-state index in [1.54, 1.807) is 31.7 Å².